The Balaban J connectivity index is 0.607. The van der Waals surface area contributed by atoms with E-state index in [2.05, 4.69) is 33.4 Å². The molecule has 28 nitrogen and oxygen atoms in total. The lowest BCUT2D eigenvalue weighted by molar-refractivity contribution is -0.137. The molecular weight excluding hydrogens is 1390 g/mol. The van der Waals surface area contributed by atoms with Crippen LogP contribution >= 0.6 is 11.6 Å². The van der Waals surface area contributed by atoms with Crippen LogP contribution < -0.4 is 45.1 Å². The van der Waals surface area contributed by atoms with Gasteiger partial charge < -0.3 is 87.9 Å². The van der Waals surface area contributed by atoms with Gasteiger partial charge in [0.15, 0.2) is 11.5 Å². The Labute approximate surface area is 622 Å². The Morgan fingerprint density at radius 3 is 1.82 bits per heavy atom. The second-order valence-corrected chi connectivity index (χ2v) is 26.0. The van der Waals surface area contributed by atoms with Crippen LogP contribution in [0.2, 0.25) is 0 Å². The number of halogens is 1. The first-order valence-corrected chi connectivity index (χ1v) is 36.4. The van der Waals surface area contributed by atoms with Crippen molar-refractivity contribution in [2.45, 2.75) is 90.1 Å². The van der Waals surface area contributed by atoms with E-state index in [0.29, 0.717) is 171 Å². The molecule has 572 valence electrons. The number of methoxy groups -OCH3 is 2. The molecule has 9 rings (SSSR count). The number of anilines is 2. The Kier molecular flexibility index (Phi) is 32.3. The maximum Gasteiger partial charge on any atom is 0.257 e. The third kappa shape index (κ3) is 23.4. The molecule has 4 heterocycles. The lowest BCUT2D eigenvalue weighted by atomic mass is 9.94. The van der Waals surface area contributed by atoms with Gasteiger partial charge in [-0.1, -0.05) is 68.4 Å². The molecule has 5 aromatic carbocycles. The monoisotopic (exact) mass is 1490 g/mol. The topological polar surface area (TPSA) is 318 Å². The Bertz CT molecular complexity index is 3860. The third-order valence-corrected chi connectivity index (χ3v) is 18.3. The molecule has 29 heteroatoms. The van der Waals surface area contributed by atoms with Gasteiger partial charge in [0, 0.05) is 93.1 Å². The van der Waals surface area contributed by atoms with Crippen LogP contribution in [0, 0.1) is 5.92 Å². The number of amides is 8. The lowest BCUT2D eigenvalue weighted by Crippen LogP contribution is -2.53. The molecule has 0 saturated heterocycles. The molecule has 0 aromatic heterocycles. The van der Waals surface area contributed by atoms with Crippen molar-refractivity contribution in [1.82, 2.24) is 25.8 Å². The van der Waals surface area contributed by atoms with Crippen LogP contribution in [0.3, 0.4) is 0 Å². The lowest BCUT2D eigenvalue weighted by Gasteiger charge is -2.34. The van der Waals surface area contributed by atoms with Crippen LogP contribution in [-0.4, -0.2) is 233 Å². The standard InChI is InChI=1S/C77H97ClN8O20/c1-51(2)74(83-69(88)21-25-97-27-29-99-31-33-101-35-37-103-39-40-104-38-36-102-34-32-100-30-28-98-26-22-79-68(87)20-23-84-71(90)18-19-72(84)91)76(93)81-52(3)75(92)82-61-17-16-53(41-65(61)95-4)50-106-64-45-63-73(59-14-9-8-13-58(59)64)56(46-78)49-86(63)70(89)15-10-24-105-67-44-62-60(43-66(67)96-5)77(94)85-48-55-12-7-6-11-54(55)42-57(85)47-80-62/h6-9,11-14,16-19,41,43-45,47,51-52,56-57,74H,10,15,20-40,42,46,48-50H2,1-5H3,(H,79,87)(H,81,93)(H,82,92)(H,83,88)/t52-,56+,57-,74-/m0/s1. The van der Waals surface area contributed by atoms with Gasteiger partial charge in [-0.2, -0.15) is 0 Å². The van der Waals surface area contributed by atoms with E-state index in [0.717, 1.165) is 38.1 Å². The number of ether oxygens (including phenoxy) is 12. The molecule has 0 fully saturated rings. The molecule has 4 atom stereocenters. The van der Waals surface area contributed by atoms with Crippen molar-refractivity contribution >= 4 is 92.9 Å². The van der Waals surface area contributed by atoms with Gasteiger partial charge in [0.25, 0.3) is 17.7 Å². The fourth-order valence-electron chi connectivity index (χ4n) is 12.3. The molecule has 0 spiro atoms. The second kappa shape index (κ2) is 42.3. The Hall–Kier alpha value is -9.10. The minimum absolute atomic E-state index is 0.000880. The molecule has 4 aliphatic heterocycles. The van der Waals surface area contributed by atoms with E-state index in [1.54, 1.807) is 56.0 Å². The van der Waals surface area contributed by atoms with Crippen molar-refractivity contribution in [1.29, 1.82) is 0 Å². The highest BCUT2D eigenvalue weighted by atomic mass is 35.5. The van der Waals surface area contributed by atoms with Gasteiger partial charge in [-0.3, -0.25) is 48.2 Å². The van der Waals surface area contributed by atoms with E-state index in [4.69, 9.17) is 73.4 Å². The summed E-state index contributed by atoms with van der Waals surface area (Å²) in [6.07, 6.45) is 5.46. The average Bonchev–Trinajstić information content (AvgIpc) is 1.59. The van der Waals surface area contributed by atoms with Crippen molar-refractivity contribution in [3.63, 3.8) is 0 Å². The number of hydrogen-bond acceptors (Lipinski definition) is 21. The van der Waals surface area contributed by atoms with Gasteiger partial charge in [-0.15, -0.1) is 11.6 Å². The van der Waals surface area contributed by atoms with Crippen molar-refractivity contribution in [2.24, 2.45) is 10.9 Å². The first-order chi connectivity index (χ1) is 51.5. The van der Waals surface area contributed by atoms with Crippen molar-refractivity contribution in [2.75, 3.05) is 162 Å². The normalized spacial score (nSPS) is 15.6. The number of hydrogen-bond donors (Lipinski definition) is 4. The first kappa shape index (κ1) is 81.0. The molecule has 106 heavy (non-hydrogen) atoms. The van der Waals surface area contributed by atoms with Crippen LogP contribution in [0.5, 0.6) is 23.0 Å². The first-order valence-electron chi connectivity index (χ1n) is 35.9. The summed E-state index contributed by atoms with van der Waals surface area (Å²) in [6, 6.07) is 24.4. The van der Waals surface area contributed by atoms with Crippen LogP contribution in [0.15, 0.2) is 102 Å². The van der Waals surface area contributed by atoms with Crippen LogP contribution in [0.1, 0.15) is 85.0 Å². The van der Waals surface area contributed by atoms with Gasteiger partial charge in [-0.25, -0.2) is 0 Å². The van der Waals surface area contributed by atoms with Crippen molar-refractivity contribution in [3.8, 4) is 23.0 Å². The quantitative estimate of drug-likeness (QED) is 0.0177. The fraction of sp³-hybridized carbons (Fsp3) is 0.494. The maximum atomic E-state index is 14.2. The molecular formula is C77H97ClN8O20. The summed E-state index contributed by atoms with van der Waals surface area (Å²) in [7, 11) is 3.01. The van der Waals surface area contributed by atoms with E-state index >= 15 is 0 Å². The number of fused-ring (bicyclic) bond motifs is 6. The number of alkyl halides is 1. The zero-order valence-electron chi connectivity index (χ0n) is 60.8. The van der Waals surface area contributed by atoms with E-state index in [-0.39, 0.29) is 87.8 Å². The van der Waals surface area contributed by atoms with Gasteiger partial charge in [-0.05, 0) is 71.5 Å². The molecule has 0 aliphatic carbocycles. The van der Waals surface area contributed by atoms with Gasteiger partial charge in [0.2, 0.25) is 29.5 Å². The Morgan fingerprint density at radius 2 is 1.20 bits per heavy atom. The van der Waals surface area contributed by atoms with Gasteiger partial charge in [0.05, 0.1) is 155 Å². The van der Waals surface area contributed by atoms with E-state index in [1.807, 2.05) is 53.6 Å². The molecule has 4 aliphatic rings. The fourth-order valence-corrected chi connectivity index (χ4v) is 12.5. The smallest absolute Gasteiger partial charge is 0.257 e. The van der Waals surface area contributed by atoms with E-state index in [9.17, 15) is 38.4 Å². The van der Waals surface area contributed by atoms with Crippen LogP contribution in [0.4, 0.5) is 17.1 Å². The summed E-state index contributed by atoms with van der Waals surface area (Å²) in [5, 5.41) is 12.8. The summed E-state index contributed by atoms with van der Waals surface area (Å²) in [6.45, 7) is 12.2. The van der Waals surface area contributed by atoms with Crippen LogP contribution in [0.25, 0.3) is 10.8 Å². The molecule has 8 amide bonds. The number of nitrogens with zero attached hydrogens (tertiary/aromatic N) is 4. The summed E-state index contributed by atoms with van der Waals surface area (Å²) in [4.78, 5) is 113. The molecule has 0 radical (unpaired) electrons. The van der Waals surface area contributed by atoms with E-state index < -0.39 is 41.6 Å². The maximum absolute atomic E-state index is 14.2. The minimum Gasteiger partial charge on any atom is -0.495 e. The third-order valence-electron chi connectivity index (χ3n) is 17.9. The zero-order chi connectivity index (χ0) is 75.2. The summed E-state index contributed by atoms with van der Waals surface area (Å²) < 4.78 is 68.4. The number of imide groups is 1. The highest BCUT2D eigenvalue weighted by Gasteiger charge is 2.37. The number of aliphatic imine (C=N–C) groups is 1. The molecule has 4 N–H and O–H groups in total. The number of benzene rings is 5. The molecule has 0 unspecified atom stereocenters. The van der Waals surface area contributed by atoms with Crippen molar-refractivity contribution < 1.29 is 95.2 Å². The number of carbonyl (C=O) groups is 8. The van der Waals surface area contributed by atoms with E-state index in [1.165, 1.54) is 31.9 Å². The second-order valence-electron chi connectivity index (χ2n) is 25.7. The van der Waals surface area contributed by atoms with Gasteiger partial charge in [0.1, 0.15) is 30.2 Å². The van der Waals surface area contributed by atoms with Crippen molar-refractivity contribution in [3.05, 3.63) is 125 Å². The molecule has 0 bridgehead atoms. The summed E-state index contributed by atoms with van der Waals surface area (Å²) in [5.41, 5.74) is 6.02. The predicted octanol–water partition coefficient (Wildman–Crippen LogP) is 6.79. The Morgan fingerprint density at radius 1 is 0.594 bits per heavy atom. The zero-order valence-corrected chi connectivity index (χ0v) is 61.6. The summed E-state index contributed by atoms with van der Waals surface area (Å²) >= 11 is 6.64. The molecule has 0 saturated carbocycles. The van der Waals surface area contributed by atoms with Gasteiger partial charge >= 0.3 is 0 Å². The van der Waals surface area contributed by atoms with Crippen LogP contribution in [-0.2, 0) is 91.0 Å². The largest absolute Gasteiger partial charge is 0.495 e. The number of carbonyl (C=O) groups excluding carboxylic acids is 8. The highest BCUT2D eigenvalue weighted by Crippen LogP contribution is 2.46. The predicted molar refractivity (Wildman–Crippen MR) is 394 cm³/mol. The number of nitrogens with one attached hydrogen (secondary N) is 4. The highest BCUT2D eigenvalue weighted by molar-refractivity contribution is 6.19. The SMILES string of the molecule is COc1cc(COc2cc3c(c4ccccc24)[C@H](CCl)CN3C(=O)CCCOc2cc3c(cc2OC)C(=O)N2Cc4ccccc4C[C@H]2C=N3)ccc1NC(=O)[C@H](C)NC(=O)[C@@H](NC(=O)CCOCCOCCOCCOCCOCCOCCOCCOCCNC(=O)CCN1C(=O)C=CC1=O)C(C)C. The average molecular weight is 1490 g/mol. The molecule has 5 aromatic rings. The summed E-state index contributed by atoms with van der Waals surface area (Å²) in [5.74, 6) is -1.18. The minimum atomic E-state index is -0.998. The number of rotatable bonds is 47.